The number of carbonyl (C=O) groups is 1. The smallest absolute Gasteiger partial charge is 0.222 e. The number of likely N-dealkylation sites (tertiary alicyclic amines) is 1. The van der Waals surface area contributed by atoms with E-state index in [4.69, 9.17) is 4.98 Å². The zero-order chi connectivity index (χ0) is 16.4. The summed E-state index contributed by atoms with van der Waals surface area (Å²) in [5.74, 6) is 0.918. The van der Waals surface area contributed by atoms with Crippen LogP contribution < -0.4 is 0 Å². The molecular weight excluding hydrogens is 306 g/mol. The number of aryl methyl sites for hydroxylation is 2. The van der Waals surface area contributed by atoms with Crippen molar-refractivity contribution in [3.63, 3.8) is 0 Å². The normalized spacial score (nSPS) is 22.0. The van der Waals surface area contributed by atoms with Gasteiger partial charge < -0.3 is 4.90 Å². The molecule has 2 aliphatic rings. The van der Waals surface area contributed by atoms with Crippen LogP contribution in [0.3, 0.4) is 0 Å². The molecule has 4 nitrogen and oxygen atoms in total. The summed E-state index contributed by atoms with van der Waals surface area (Å²) < 4.78 is 0. The first-order valence-electron chi connectivity index (χ1n) is 8.98. The summed E-state index contributed by atoms with van der Waals surface area (Å²) in [7, 11) is 2.19. The van der Waals surface area contributed by atoms with Crippen molar-refractivity contribution < 1.29 is 4.79 Å². The molecule has 0 radical (unpaired) electrons. The Balaban J connectivity index is 1.54. The monoisotopic (exact) mass is 335 g/mol. The summed E-state index contributed by atoms with van der Waals surface area (Å²) in [6.45, 7) is 7.15. The minimum Gasteiger partial charge on any atom is -0.340 e. The molecule has 128 valence electrons. The van der Waals surface area contributed by atoms with Crippen molar-refractivity contribution in [2.75, 3.05) is 20.1 Å². The van der Waals surface area contributed by atoms with Crippen LogP contribution in [0, 0.1) is 5.92 Å². The summed E-state index contributed by atoms with van der Waals surface area (Å²) in [5.41, 5.74) is 1.36. The molecule has 5 heteroatoms. The van der Waals surface area contributed by atoms with E-state index in [-0.39, 0.29) is 0 Å². The summed E-state index contributed by atoms with van der Waals surface area (Å²) >= 11 is 1.91. The third kappa shape index (κ3) is 4.13. The van der Waals surface area contributed by atoms with Gasteiger partial charge in [-0.1, -0.05) is 0 Å². The number of fused-ring (bicyclic) bond motifs is 1. The third-order valence-corrected chi connectivity index (χ3v) is 6.17. The first kappa shape index (κ1) is 16.9. The van der Waals surface area contributed by atoms with E-state index in [0.717, 1.165) is 26.1 Å². The van der Waals surface area contributed by atoms with Crippen LogP contribution in [-0.4, -0.2) is 46.9 Å². The van der Waals surface area contributed by atoms with Crippen molar-refractivity contribution in [3.8, 4) is 0 Å². The molecule has 1 aliphatic heterocycles. The van der Waals surface area contributed by atoms with Crippen LogP contribution in [0.2, 0.25) is 0 Å². The Morgan fingerprint density at radius 3 is 2.83 bits per heavy atom. The molecule has 0 bridgehead atoms. The maximum Gasteiger partial charge on any atom is 0.222 e. The predicted octanol–water partition coefficient (Wildman–Crippen LogP) is 3.10. The van der Waals surface area contributed by atoms with Gasteiger partial charge in [-0.15, -0.1) is 11.3 Å². The minimum atomic E-state index is 0.321. The highest BCUT2D eigenvalue weighted by Gasteiger charge is 2.28. The number of amides is 1. The number of carbonyl (C=O) groups excluding carboxylic acids is 1. The van der Waals surface area contributed by atoms with Gasteiger partial charge in [-0.2, -0.15) is 0 Å². The summed E-state index contributed by atoms with van der Waals surface area (Å²) in [4.78, 5) is 22.8. The summed E-state index contributed by atoms with van der Waals surface area (Å²) in [6.07, 6.45) is 6.76. The van der Waals surface area contributed by atoms with Crippen molar-refractivity contribution in [2.45, 2.75) is 65.0 Å². The molecule has 1 aromatic heterocycles. The molecule has 1 aromatic rings. The number of hydrogen-bond acceptors (Lipinski definition) is 4. The highest BCUT2D eigenvalue weighted by Crippen LogP contribution is 2.27. The fourth-order valence-corrected chi connectivity index (χ4v) is 5.04. The molecule has 0 aromatic carbocycles. The second-order valence-corrected chi connectivity index (χ2v) is 8.59. The highest BCUT2D eigenvalue weighted by molar-refractivity contribution is 7.11. The molecule has 0 spiro atoms. The standard InChI is InChI=1S/C18H29N3OS/c1-13(2)21-11-14(8-9-18(21)22)10-20(3)12-17-19-15-6-4-5-7-16(15)23-17/h13-14H,4-12H2,1-3H3. The summed E-state index contributed by atoms with van der Waals surface area (Å²) in [6, 6.07) is 0.321. The lowest BCUT2D eigenvalue weighted by Gasteiger charge is -2.36. The van der Waals surface area contributed by atoms with Gasteiger partial charge in [-0.05, 0) is 58.9 Å². The molecule has 1 fully saturated rings. The SMILES string of the molecule is CC(C)N1CC(CN(C)Cc2nc3c(s2)CCCC3)CCC1=O. The van der Waals surface area contributed by atoms with E-state index in [1.807, 2.05) is 16.2 Å². The highest BCUT2D eigenvalue weighted by atomic mass is 32.1. The number of rotatable bonds is 5. The lowest BCUT2D eigenvalue weighted by Crippen LogP contribution is -2.46. The lowest BCUT2D eigenvalue weighted by molar-refractivity contribution is -0.136. The largest absolute Gasteiger partial charge is 0.340 e. The summed E-state index contributed by atoms with van der Waals surface area (Å²) in [5, 5.41) is 1.27. The van der Waals surface area contributed by atoms with Gasteiger partial charge in [0.1, 0.15) is 5.01 Å². The molecular formula is C18H29N3OS. The van der Waals surface area contributed by atoms with Crippen LogP contribution >= 0.6 is 11.3 Å². The Kier molecular flexibility index (Phi) is 5.37. The molecule has 1 atom stereocenters. The number of hydrogen-bond donors (Lipinski definition) is 0. The zero-order valence-corrected chi connectivity index (χ0v) is 15.5. The van der Waals surface area contributed by atoms with E-state index in [9.17, 15) is 4.79 Å². The van der Waals surface area contributed by atoms with Crippen LogP contribution in [0.4, 0.5) is 0 Å². The minimum absolute atomic E-state index is 0.321. The lowest BCUT2D eigenvalue weighted by atomic mass is 9.96. The Bertz CT molecular complexity index is 531. The van der Waals surface area contributed by atoms with Crippen molar-refractivity contribution in [2.24, 2.45) is 5.92 Å². The van der Waals surface area contributed by atoms with E-state index < -0.39 is 0 Å². The van der Waals surface area contributed by atoms with Crippen LogP contribution in [-0.2, 0) is 24.2 Å². The second-order valence-electron chi connectivity index (χ2n) is 7.43. The predicted molar refractivity (Wildman–Crippen MR) is 94.7 cm³/mol. The van der Waals surface area contributed by atoms with Gasteiger partial charge in [0.2, 0.25) is 5.91 Å². The molecule has 1 aliphatic carbocycles. The molecule has 23 heavy (non-hydrogen) atoms. The molecule has 1 unspecified atom stereocenters. The third-order valence-electron chi connectivity index (χ3n) is 5.03. The van der Waals surface area contributed by atoms with Gasteiger partial charge in [0.15, 0.2) is 0 Å². The van der Waals surface area contributed by atoms with Crippen LogP contribution in [0.5, 0.6) is 0 Å². The first-order valence-corrected chi connectivity index (χ1v) is 9.80. The molecule has 0 saturated carbocycles. The van der Waals surface area contributed by atoms with E-state index in [1.54, 1.807) is 0 Å². The topological polar surface area (TPSA) is 36.4 Å². The maximum absolute atomic E-state index is 12.0. The average molecular weight is 336 g/mol. The van der Waals surface area contributed by atoms with Crippen molar-refractivity contribution in [3.05, 3.63) is 15.6 Å². The van der Waals surface area contributed by atoms with Gasteiger partial charge in [0, 0.05) is 30.4 Å². The van der Waals surface area contributed by atoms with Gasteiger partial charge in [0.05, 0.1) is 12.2 Å². The number of thiazole rings is 1. The first-order chi connectivity index (χ1) is 11.0. The average Bonchev–Trinajstić information content (AvgIpc) is 2.90. The van der Waals surface area contributed by atoms with Crippen molar-refractivity contribution >= 4 is 17.2 Å². The molecule has 2 heterocycles. The fourth-order valence-electron chi connectivity index (χ4n) is 3.80. The van der Waals surface area contributed by atoms with Crippen molar-refractivity contribution in [1.82, 2.24) is 14.8 Å². The van der Waals surface area contributed by atoms with E-state index in [1.165, 1.54) is 41.3 Å². The van der Waals surface area contributed by atoms with Crippen LogP contribution in [0.1, 0.15) is 55.1 Å². The van der Waals surface area contributed by atoms with Gasteiger partial charge in [-0.25, -0.2) is 4.98 Å². The van der Waals surface area contributed by atoms with Crippen LogP contribution in [0.15, 0.2) is 0 Å². The Hall–Kier alpha value is -0.940. The number of aromatic nitrogens is 1. The number of piperidine rings is 1. The quantitative estimate of drug-likeness (QED) is 0.829. The maximum atomic E-state index is 12.0. The number of nitrogens with zero attached hydrogens (tertiary/aromatic N) is 3. The second kappa shape index (κ2) is 7.31. The van der Waals surface area contributed by atoms with E-state index in [2.05, 4.69) is 25.8 Å². The molecule has 1 amide bonds. The molecule has 1 saturated heterocycles. The molecule has 3 rings (SSSR count). The fraction of sp³-hybridized carbons (Fsp3) is 0.778. The van der Waals surface area contributed by atoms with Gasteiger partial charge in [0.25, 0.3) is 0 Å². The van der Waals surface area contributed by atoms with Gasteiger partial charge >= 0.3 is 0 Å². The van der Waals surface area contributed by atoms with E-state index in [0.29, 0.717) is 24.3 Å². The Labute approximate surface area is 143 Å². The molecule has 0 N–H and O–H groups in total. The van der Waals surface area contributed by atoms with Crippen LogP contribution in [0.25, 0.3) is 0 Å². The Morgan fingerprint density at radius 1 is 1.30 bits per heavy atom. The van der Waals surface area contributed by atoms with Crippen molar-refractivity contribution in [1.29, 1.82) is 0 Å². The Morgan fingerprint density at radius 2 is 2.09 bits per heavy atom. The van der Waals surface area contributed by atoms with E-state index >= 15 is 0 Å². The van der Waals surface area contributed by atoms with Gasteiger partial charge in [-0.3, -0.25) is 9.69 Å². The zero-order valence-electron chi connectivity index (χ0n) is 14.7.